The molecule has 1 amide bonds. The smallest absolute Gasteiger partial charge is 0.223 e. The van der Waals surface area contributed by atoms with Crippen molar-refractivity contribution < 1.29 is 4.79 Å². The van der Waals surface area contributed by atoms with Gasteiger partial charge >= 0.3 is 0 Å². The van der Waals surface area contributed by atoms with Crippen molar-refractivity contribution in [3.05, 3.63) is 48.3 Å². The van der Waals surface area contributed by atoms with Crippen molar-refractivity contribution >= 4 is 5.91 Å². The van der Waals surface area contributed by atoms with Gasteiger partial charge in [-0.1, -0.05) is 12.5 Å². The van der Waals surface area contributed by atoms with Crippen LogP contribution in [-0.2, 0) is 24.9 Å². The molecular weight excluding hydrogens is 326 g/mol. The molecule has 26 heavy (non-hydrogen) atoms. The Bertz CT molecular complexity index is 759. The zero-order chi connectivity index (χ0) is 18.0. The van der Waals surface area contributed by atoms with Crippen molar-refractivity contribution in [2.24, 2.45) is 18.4 Å². The van der Waals surface area contributed by atoms with E-state index in [9.17, 15) is 4.79 Å². The van der Waals surface area contributed by atoms with E-state index >= 15 is 0 Å². The van der Waals surface area contributed by atoms with Gasteiger partial charge in [0.2, 0.25) is 5.91 Å². The topological polar surface area (TPSA) is 63.1 Å². The molecule has 138 valence electrons. The van der Waals surface area contributed by atoms with E-state index in [1.165, 1.54) is 12.1 Å². The van der Waals surface area contributed by atoms with Gasteiger partial charge in [-0.15, -0.1) is 0 Å². The number of nitrogens with one attached hydrogen (secondary N) is 1. The Morgan fingerprint density at radius 1 is 1.35 bits per heavy atom. The molecule has 2 aromatic heterocycles. The zero-order valence-corrected chi connectivity index (χ0v) is 15.4. The van der Waals surface area contributed by atoms with Crippen molar-refractivity contribution in [3.8, 4) is 0 Å². The summed E-state index contributed by atoms with van der Waals surface area (Å²) in [5, 5.41) is 3.15. The summed E-state index contributed by atoms with van der Waals surface area (Å²) in [6, 6.07) is 3.91. The molecule has 2 aliphatic rings. The molecule has 6 nitrogen and oxygen atoms in total. The summed E-state index contributed by atoms with van der Waals surface area (Å²) in [7, 11) is 2.04. The Kier molecular flexibility index (Phi) is 4.76. The molecule has 6 heteroatoms. The second kappa shape index (κ2) is 7.19. The predicted molar refractivity (Wildman–Crippen MR) is 99.0 cm³/mol. The zero-order valence-electron chi connectivity index (χ0n) is 15.4. The van der Waals surface area contributed by atoms with Crippen molar-refractivity contribution in [2.45, 2.75) is 38.8 Å². The summed E-state index contributed by atoms with van der Waals surface area (Å²) in [4.78, 5) is 23.7. The SMILES string of the molecule is Cn1cncc1CN1CC[C@]2(CCC[C@@H]2C(=O)NCc2cccnc2)C1. The molecule has 2 aromatic rings. The number of carbonyl (C=O) groups is 1. The number of carbonyl (C=O) groups excluding carboxylic acids is 1. The maximum Gasteiger partial charge on any atom is 0.223 e. The highest BCUT2D eigenvalue weighted by Gasteiger charge is 2.50. The molecule has 1 saturated heterocycles. The third kappa shape index (κ3) is 3.38. The van der Waals surface area contributed by atoms with E-state index in [4.69, 9.17) is 0 Å². The van der Waals surface area contributed by atoms with E-state index in [1.54, 1.807) is 6.20 Å². The highest BCUT2D eigenvalue weighted by Crippen LogP contribution is 2.50. The van der Waals surface area contributed by atoms with Crippen LogP contribution in [0.25, 0.3) is 0 Å². The first-order chi connectivity index (χ1) is 12.7. The van der Waals surface area contributed by atoms with Gasteiger partial charge in [0.05, 0.1) is 12.0 Å². The lowest BCUT2D eigenvalue weighted by Crippen LogP contribution is -2.40. The molecule has 2 atom stereocenters. The van der Waals surface area contributed by atoms with Gasteiger partial charge in [0.1, 0.15) is 0 Å². The number of nitrogens with zero attached hydrogens (tertiary/aromatic N) is 4. The maximum absolute atomic E-state index is 12.9. The minimum absolute atomic E-state index is 0.135. The number of imidazole rings is 1. The van der Waals surface area contributed by atoms with Crippen LogP contribution in [0.2, 0.25) is 0 Å². The molecule has 0 aromatic carbocycles. The fourth-order valence-corrected chi connectivity index (χ4v) is 4.74. The monoisotopic (exact) mass is 353 g/mol. The highest BCUT2D eigenvalue weighted by atomic mass is 16.1. The predicted octanol–water partition coefficient (Wildman–Crippen LogP) is 2.12. The number of aromatic nitrogens is 3. The molecule has 1 aliphatic carbocycles. The van der Waals surface area contributed by atoms with E-state index in [0.29, 0.717) is 6.54 Å². The van der Waals surface area contributed by atoms with Gasteiger partial charge in [-0.3, -0.25) is 14.7 Å². The second-order valence-corrected chi connectivity index (χ2v) is 7.84. The highest BCUT2D eigenvalue weighted by molar-refractivity contribution is 5.80. The van der Waals surface area contributed by atoms with Gasteiger partial charge in [0.25, 0.3) is 0 Å². The van der Waals surface area contributed by atoms with Crippen molar-refractivity contribution in [3.63, 3.8) is 0 Å². The first-order valence-corrected chi connectivity index (χ1v) is 9.50. The lowest BCUT2D eigenvalue weighted by Gasteiger charge is -2.30. The molecule has 0 bridgehead atoms. The standard InChI is InChI=1S/C20H27N5O/c1-24-15-22-12-17(24)13-25-9-7-20(14-25)6-2-5-18(20)19(26)23-11-16-4-3-8-21-10-16/h3-4,8,10,12,15,18H,2,5-7,9,11,13-14H2,1H3,(H,23,26)/t18-,20-/m1/s1. The quantitative estimate of drug-likeness (QED) is 0.894. The Labute approximate surface area is 154 Å². The fourth-order valence-electron chi connectivity index (χ4n) is 4.74. The van der Waals surface area contributed by atoms with Crippen molar-refractivity contribution in [2.75, 3.05) is 13.1 Å². The third-order valence-electron chi connectivity index (χ3n) is 6.18. The summed E-state index contributed by atoms with van der Waals surface area (Å²) in [5.74, 6) is 0.351. The summed E-state index contributed by atoms with van der Waals surface area (Å²) in [5.41, 5.74) is 2.44. The Hall–Kier alpha value is -2.21. The molecule has 1 N–H and O–H groups in total. The molecule has 1 aliphatic heterocycles. The third-order valence-corrected chi connectivity index (χ3v) is 6.18. The van der Waals surface area contributed by atoms with Gasteiger partial charge < -0.3 is 9.88 Å². The van der Waals surface area contributed by atoms with Crippen LogP contribution < -0.4 is 5.32 Å². The molecule has 4 rings (SSSR count). The Morgan fingerprint density at radius 3 is 3.04 bits per heavy atom. The lowest BCUT2D eigenvalue weighted by atomic mass is 9.76. The maximum atomic E-state index is 12.9. The molecule has 0 unspecified atom stereocenters. The molecule has 0 radical (unpaired) electrons. The van der Waals surface area contributed by atoms with Gasteiger partial charge in [-0.25, -0.2) is 4.98 Å². The molecule has 1 saturated carbocycles. The second-order valence-electron chi connectivity index (χ2n) is 7.84. The average molecular weight is 353 g/mol. The molecule has 3 heterocycles. The normalized spacial score (nSPS) is 25.8. The van der Waals surface area contributed by atoms with Crippen LogP contribution in [0, 0.1) is 11.3 Å². The summed E-state index contributed by atoms with van der Waals surface area (Å²) in [6.07, 6.45) is 11.8. The number of likely N-dealkylation sites (tertiary alicyclic amines) is 1. The fraction of sp³-hybridized carbons (Fsp3) is 0.550. The van der Waals surface area contributed by atoms with Crippen LogP contribution in [-0.4, -0.2) is 38.4 Å². The molecular formula is C20H27N5O. The lowest BCUT2D eigenvalue weighted by molar-refractivity contribution is -0.128. The first kappa shape index (κ1) is 17.2. The van der Waals surface area contributed by atoms with Crippen LogP contribution in [0.1, 0.15) is 36.9 Å². The Morgan fingerprint density at radius 2 is 2.27 bits per heavy atom. The first-order valence-electron chi connectivity index (χ1n) is 9.50. The summed E-state index contributed by atoms with van der Waals surface area (Å²) >= 11 is 0. The number of hydrogen-bond donors (Lipinski definition) is 1. The van der Waals surface area contributed by atoms with E-state index in [0.717, 1.165) is 44.5 Å². The summed E-state index contributed by atoms with van der Waals surface area (Å²) < 4.78 is 2.08. The van der Waals surface area contributed by atoms with E-state index < -0.39 is 0 Å². The summed E-state index contributed by atoms with van der Waals surface area (Å²) in [6.45, 7) is 3.57. The average Bonchev–Trinajstić information content (AvgIpc) is 3.37. The number of rotatable bonds is 5. The minimum atomic E-state index is 0.135. The van der Waals surface area contributed by atoms with Crippen LogP contribution in [0.4, 0.5) is 0 Å². The van der Waals surface area contributed by atoms with E-state index in [2.05, 4.69) is 24.8 Å². The molecule has 2 fully saturated rings. The van der Waals surface area contributed by atoms with Gasteiger partial charge in [0, 0.05) is 51.2 Å². The van der Waals surface area contributed by atoms with Gasteiger partial charge in [-0.05, 0) is 42.9 Å². The molecule has 1 spiro atoms. The van der Waals surface area contributed by atoms with Crippen LogP contribution in [0.15, 0.2) is 37.1 Å². The largest absolute Gasteiger partial charge is 0.352 e. The minimum Gasteiger partial charge on any atom is -0.352 e. The van der Waals surface area contributed by atoms with E-state index in [1.807, 2.05) is 37.9 Å². The van der Waals surface area contributed by atoms with Gasteiger partial charge in [0.15, 0.2) is 0 Å². The van der Waals surface area contributed by atoms with Crippen LogP contribution >= 0.6 is 0 Å². The Balaban J connectivity index is 1.38. The van der Waals surface area contributed by atoms with Crippen molar-refractivity contribution in [1.29, 1.82) is 0 Å². The van der Waals surface area contributed by atoms with Crippen LogP contribution in [0.5, 0.6) is 0 Å². The van der Waals surface area contributed by atoms with Crippen molar-refractivity contribution in [1.82, 2.24) is 24.8 Å². The van der Waals surface area contributed by atoms with Gasteiger partial charge in [-0.2, -0.15) is 0 Å². The van der Waals surface area contributed by atoms with Crippen LogP contribution in [0.3, 0.4) is 0 Å². The number of hydrogen-bond acceptors (Lipinski definition) is 4. The number of amides is 1. The number of aryl methyl sites for hydroxylation is 1. The number of pyridine rings is 1. The van der Waals surface area contributed by atoms with E-state index in [-0.39, 0.29) is 17.2 Å².